The Bertz CT molecular complexity index is 1380. The van der Waals surface area contributed by atoms with Gasteiger partial charge in [-0.05, 0) is 34.7 Å². The van der Waals surface area contributed by atoms with E-state index in [0.717, 1.165) is 38.7 Å². The molecule has 6 rings (SSSR count). The van der Waals surface area contributed by atoms with E-state index in [1.165, 1.54) is 16.5 Å². The summed E-state index contributed by atoms with van der Waals surface area (Å²) in [5, 5.41) is 8.32. The fourth-order valence-electron chi connectivity index (χ4n) is 4.72. The molecule has 0 amide bonds. The first-order chi connectivity index (χ1) is 13.2. The van der Waals surface area contributed by atoms with Gasteiger partial charge in [0.05, 0.1) is 5.69 Å². The first kappa shape index (κ1) is 14.8. The van der Waals surface area contributed by atoms with Gasteiger partial charge in [0.2, 0.25) is 0 Å². The third kappa shape index (κ3) is 1.78. The molecule has 2 aromatic heterocycles. The fourth-order valence-corrected chi connectivity index (χ4v) is 4.72. The minimum absolute atomic E-state index is 0.149. The highest BCUT2D eigenvalue weighted by molar-refractivity contribution is 6.24. The first-order valence-corrected chi connectivity index (χ1v) is 9.24. The van der Waals surface area contributed by atoms with Crippen molar-refractivity contribution in [3.63, 3.8) is 0 Å². The maximum absolute atomic E-state index is 6.38. The van der Waals surface area contributed by atoms with E-state index in [2.05, 4.69) is 66.6 Å². The highest BCUT2D eigenvalue weighted by Crippen LogP contribution is 2.52. The van der Waals surface area contributed by atoms with Gasteiger partial charge in [0.1, 0.15) is 5.58 Å². The van der Waals surface area contributed by atoms with Gasteiger partial charge in [0.25, 0.3) is 0 Å². The van der Waals surface area contributed by atoms with Crippen LogP contribution >= 0.6 is 0 Å². The molecule has 3 heteroatoms. The molecule has 0 aliphatic carbocycles. The van der Waals surface area contributed by atoms with Gasteiger partial charge < -0.3 is 9.73 Å². The van der Waals surface area contributed by atoms with Crippen molar-refractivity contribution in [2.45, 2.75) is 19.3 Å². The third-order valence-electron chi connectivity index (χ3n) is 5.92. The van der Waals surface area contributed by atoms with Crippen molar-refractivity contribution in [3.05, 3.63) is 78.1 Å². The number of nitrogens with one attached hydrogen (secondary N) is 1. The van der Waals surface area contributed by atoms with Crippen molar-refractivity contribution in [1.82, 2.24) is 4.98 Å². The predicted molar refractivity (Wildman–Crippen MR) is 111 cm³/mol. The molecule has 0 radical (unpaired) electrons. The van der Waals surface area contributed by atoms with Crippen LogP contribution < -0.4 is 5.32 Å². The number of nitrogens with zero attached hydrogens (tertiary/aromatic N) is 1. The van der Waals surface area contributed by atoms with Crippen LogP contribution in [0.1, 0.15) is 25.0 Å². The highest BCUT2D eigenvalue weighted by Gasteiger charge is 2.36. The molecule has 0 saturated heterocycles. The molecule has 0 fully saturated rings. The number of hydrogen-bond acceptors (Lipinski definition) is 3. The van der Waals surface area contributed by atoms with Crippen molar-refractivity contribution in [2.24, 2.45) is 0 Å². The van der Waals surface area contributed by atoms with Gasteiger partial charge in [-0.3, -0.25) is 4.98 Å². The van der Waals surface area contributed by atoms with Crippen LogP contribution in [0, 0.1) is 0 Å². The molecule has 5 aromatic rings. The summed E-state index contributed by atoms with van der Waals surface area (Å²) >= 11 is 0. The molecule has 130 valence electrons. The van der Waals surface area contributed by atoms with E-state index in [1.807, 2.05) is 24.5 Å². The SMILES string of the molecule is CC1(C)c2ccccc2Nc2c1c1ccncc1c1c2oc2ccccc21. The number of hydrogen-bond donors (Lipinski definition) is 1. The number of furan rings is 1. The van der Waals surface area contributed by atoms with Crippen LogP contribution in [-0.2, 0) is 5.41 Å². The standard InChI is InChI=1S/C24H18N2O/c1-24(2)17-8-4-5-9-18(17)26-22-21(24)14-11-12-25-13-16(14)20-15-7-3-6-10-19(15)27-23(20)22/h3-13,26H,1-2H3. The maximum atomic E-state index is 6.38. The lowest BCUT2D eigenvalue weighted by atomic mass is 9.72. The van der Waals surface area contributed by atoms with Crippen LogP contribution in [0.25, 0.3) is 32.7 Å². The van der Waals surface area contributed by atoms with E-state index in [0.29, 0.717) is 0 Å². The number of fused-ring (bicyclic) bond motifs is 9. The summed E-state index contributed by atoms with van der Waals surface area (Å²) in [6.07, 6.45) is 3.85. The van der Waals surface area contributed by atoms with Crippen LogP contribution in [0.3, 0.4) is 0 Å². The average Bonchev–Trinajstić information content (AvgIpc) is 3.08. The number of rotatable bonds is 0. The molecule has 27 heavy (non-hydrogen) atoms. The van der Waals surface area contributed by atoms with Gasteiger partial charge in [0.15, 0.2) is 5.58 Å². The van der Waals surface area contributed by atoms with Crippen molar-refractivity contribution >= 4 is 44.1 Å². The normalized spacial score (nSPS) is 14.9. The molecular weight excluding hydrogens is 332 g/mol. The Morgan fingerprint density at radius 1 is 0.889 bits per heavy atom. The van der Waals surface area contributed by atoms with Crippen LogP contribution in [0.4, 0.5) is 11.4 Å². The zero-order valence-electron chi connectivity index (χ0n) is 15.2. The van der Waals surface area contributed by atoms with Crippen molar-refractivity contribution < 1.29 is 4.42 Å². The number of benzene rings is 3. The Morgan fingerprint density at radius 3 is 2.63 bits per heavy atom. The van der Waals surface area contributed by atoms with E-state index in [4.69, 9.17) is 4.42 Å². The predicted octanol–water partition coefficient (Wildman–Crippen LogP) is 6.52. The van der Waals surface area contributed by atoms with Gasteiger partial charge in [-0.15, -0.1) is 0 Å². The quantitative estimate of drug-likeness (QED) is 0.345. The fraction of sp³-hybridized carbons (Fsp3) is 0.125. The second-order valence-corrected chi connectivity index (χ2v) is 7.77. The van der Waals surface area contributed by atoms with Crippen molar-refractivity contribution in [1.29, 1.82) is 0 Å². The van der Waals surface area contributed by atoms with E-state index in [-0.39, 0.29) is 5.41 Å². The largest absolute Gasteiger partial charge is 0.454 e. The molecule has 0 atom stereocenters. The molecule has 3 nitrogen and oxygen atoms in total. The van der Waals surface area contributed by atoms with Gasteiger partial charge in [-0.2, -0.15) is 0 Å². The molecule has 3 aromatic carbocycles. The maximum Gasteiger partial charge on any atom is 0.159 e. The first-order valence-electron chi connectivity index (χ1n) is 9.24. The molecule has 0 saturated carbocycles. The monoisotopic (exact) mass is 350 g/mol. The molecular formula is C24H18N2O. The molecule has 1 N–H and O–H groups in total. The summed E-state index contributed by atoms with van der Waals surface area (Å²) in [7, 11) is 0. The minimum Gasteiger partial charge on any atom is -0.454 e. The summed E-state index contributed by atoms with van der Waals surface area (Å²) in [5.74, 6) is 0. The summed E-state index contributed by atoms with van der Waals surface area (Å²) in [6.45, 7) is 4.58. The van der Waals surface area contributed by atoms with E-state index >= 15 is 0 Å². The summed E-state index contributed by atoms with van der Waals surface area (Å²) < 4.78 is 6.38. The van der Waals surface area contributed by atoms with E-state index < -0.39 is 0 Å². The van der Waals surface area contributed by atoms with Crippen LogP contribution in [0.2, 0.25) is 0 Å². The lowest BCUT2D eigenvalue weighted by molar-refractivity contribution is 0.635. The Labute approximate surface area is 156 Å². The Balaban J connectivity index is 1.89. The Kier molecular flexibility index (Phi) is 2.68. The second-order valence-electron chi connectivity index (χ2n) is 7.77. The lowest BCUT2D eigenvalue weighted by Gasteiger charge is -2.36. The molecule has 1 aliphatic rings. The van der Waals surface area contributed by atoms with E-state index in [9.17, 15) is 0 Å². The Morgan fingerprint density at radius 2 is 1.70 bits per heavy atom. The van der Waals surface area contributed by atoms with Gasteiger partial charge >= 0.3 is 0 Å². The lowest BCUT2D eigenvalue weighted by Crippen LogP contribution is -2.26. The van der Waals surface area contributed by atoms with Crippen molar-refractivity contribution in [2.75, 3.05) is 5.32 Å². The number of anilines is 2. The Hall–Kier alpha value is -3.33. The smallest absolute Gasteiger partial charge is 0.159 e. The average molecular weight is 350 g/mol. The molecule has 1 aliphatic heterocycles. The third-order valence-corrected chi connectivity index (χ3v) is 5.92. The second kappa shape index (κ2) is 4.89. The number of aromatic nitrogens is 1. The van der Waals surface area contributed by atoms with Gasteiger partial charge in [-0.25, -0.2) is 0 Å². The van der Waals surface area contributed by atoms with Crippen LogP contribution in [0.15, 0.2) is 71.4 Å². The molecule has 3 heterocycles. The summed E-state index contributed by atoms with van der Waals surface area (Å²) in [4.78, 5) is 4.43. The molecule has 0 spiro atoms. The van der Waals surface area contributed by atoms with Crippen molar-refractivity contribution in [3.8, 4) is 0 Å². The van der Waals surface area contributed by atoms with Crippen LogP contribution in [0.5, 0.6) is 0 Å². The zero-order chi connectivity index (χ0) is 18.2. The van der Waals surface area contributed by atoms with Crippen LogP contribution in [-0.4, -0.2) is 4.98 Å². The minimum atomic E-state index is -0.149. The van der Waals surface area contributed by atoms with E-state index in [1.54, 1.807) is 0 Å². The summed E-state index contributed by atoms with van der Waals surface area (Å²) in [5.41, 5.74) is 6.45. The topological polar surface area (TPSA) is 38.1 Å². The zero-order valence-corrected chi connectivity index (χ0v) is 15.2. The van der Waals surface area contributed by atoms with Gasteiger partial charge in [0, 0.05) is 39.7 Å². The highest BCUT2D eigenvalue weighted by atomic mass is 16.3. The number of pyridine rings is 1. The summed E-state index contributed by atoms with van der Waals surface area (Å²) in [6, 6.07) is 18.9. The molecule has 0 bridgehead atoms. The van der Waals surface area contributed by atoms with Gasteiger partial charge in [-0.1, -0.05) is 50.2 Å². The molecule has 0 unspecified atom stereocenters. The number of para-hydroxylation sites is 2.